The molecular weight excluding hydrogens is 396 g/mol. The second-order valence-corrected chi connectivity index (χ2v) is 8.25. The van der Waals surface area contributed by atoms with E-state index in [-0.39, 0.29) is 12.5 Å². The molecule has 4 rings (SSSR count). The molecule has 4 heterocycles. The number of aromatic nitrogens is 4. The van der Waals surface area contributed by atoms with Crippen LogP contribution in [0.2, 0.25) is 0 Å². The minimum Gasteiger partial charge on any atom is -0.395 e. The van der Waals surface area contributed by atoms with Crippen molar-refractivity contribution in [2.45, 2.75) is 13.8 Å². The number of carbonyl (C=O) groups is 1. The first kappa shape index (κ1) is 21.5. The number of β-amino-alcohol motifs (C(OH)–C–C–N with tert-alkyl or cyclic N) is 1. The molecule has 2 fully saturated rings. The fourth-order valence-corrected chi connectivity index (χ4v) is 4.38. The van der Waals surface area contributed by atoms with Crippen molar-refractivity contribution in [3.8, 4) is 0 Å². The Hall–Kier alpha value is -2.72. The first-order chi connectivity index (χ1) is 15.0. The first-order valence-corrected chi connectivity index (χ1v) is 10.9. The molecule has 1 N–H and O–H groups in total. The van der Waals surface area contributed by atoms with Crippen LogP contribution in [0.3, 0.4) is 0 Å². The molecule has 2 aromatic rings. The van der Waals surface area contributed by atoms with Gasteiger partial charge in [0.1, 0.15) is 0 Å². The third kappa shape index (κ3) is 4.49. The van der Waals surface area contributed by atoms with Gasteiger partial charge in [-0.25, -0.2) is 0 Å². The monoisotopic (exact) mass is 428 g/mol. The van der Waals surface area contributed by atoms with Crippen molar-refractivity contribution in [1.82, 2.24) is 29.8 Å². The van der Waals surface area contributed by atoms with Crippen LogP contribution in [0.1, 0.15) is 21.7 Å². The molecule has 10 heteroatoms. The minimum absolute atomic E-state index is 0.0597. The number of amides is 1. The van der Waals surface area contributed by atoms with Crippen LogP contribution >= 0.6 is 0 Å². The van der Waals surface area contributed by atoms with E-state index in [9.17, 15) is 4.79 Å². The Labute approximate surface area is 183 Å². The van der Waals surface area contributed by atoms with E-state index < -0.39 is 0 Å². The number of piperazine rings is 2. The number of hydrogen-bond acceptors (Lipinski definition) is 8. The number of hydrogen-bond donors (Lipinski definition) is 1. The summed E-state index contributed by atoms with van der Waals surface area (Å²) in [6.07, 6.45) is 0. The fraction of sp³-hybridized carbons (Fsp3) is 0.619. The molecule has 0 bridgehead atoms. The first-order valence-electron chi connectivity index (χ1n) is 10.9. The zero-order chi connectivity index (χ0) is 22.0. The molecule has 0 atom stereocenters. The van der Waals surface area contributed by atoms with Crippen LogP contribution in [0.5, 0.6) is 0 Å². The van der Waals surface area contributed by atoms with Crippen LogP contribution in [-0.4, -0.2) is 106 Å². The number of aliphatic hydroxyl groups is 1. The van der Waals surface area contributed by atoms with E-state index in [0.717, 1.165) is 74.4 Å². The van der Waals surface area contributed by atoms with Crippen molar-refractivity contribution in [3.05, 3.63) is 29.1 Å². The second-order valence-electron chi connectivity index (χ2n) is 8.25. The molecule has 2 aromatic heterocycles. The van der Waals surface area contributed by atoms with E-state index >= 15 is 0 Å². The Morgan fingerprint density at radius 2 is 1.48 bits per heavy atom. The normalized spacial score (nSPS) is 18.0. The van der Waals surface area contributed by atoms with Gasteiger partial charge in [0.25, 0.3) is 5.91 Å². The number of aryl methyl sites for hydroxylation is 2. The molecule has 1 amide bonds. The van der Waals surface area contributed by atoms with Crippen molar-refractivity contribution >= 4 is 17.5 Å². The lowest BCUT2D eigenvalue weighted by atomic mass is 10.1. The number of anilines is 2. The van der Waals surface area contributed by atoms with Gasteiger partial charge in [-0.3, -0.25) is 14.4 Å². The van der Waals surface area contributed by atoms with Gasteiger partial charge in [0.2, 0.25) is 0 Å². The van der Waals surface area contributed by atoms with Gasteiger partial charge in [0, 0.05) is 71.6 Å². The average molecular weight is 429 g/mol. The zero-order valence-corrected chi connectivity index (χ0v) is 18.7. The predicted molar refractivity (Wildman–Crippen MR) is 119 cm³/mol. The van der Waals surface area contributed by atoms with E-state index in [1.165, 1.54) is 0 Å². The predicted octanol–water partition coefficient (Wildman–Crippen LogP) is -0.0964. The summed E-state index contributed by atoms with van der Waals surface area (Å²) >= 11 is 0. The molecule has 168 valence electrons. The van der Waals surface area contributed by atoms with Crippen molar-refractivity contribution in [1.29, 1.82) is 0 Å². The summed E-state index contributed by atoms with van der Waals surface area (Å²) in [5.74, 6) is 1.80. The van der Waals surface area contributed by atoms with E-state index in [4.69, 9.17) is 5.11 Å². The molecule has 10 nitrogen and oxygen atoms in total. The highest BCUT2D eigenvalue weighted by atomic mass is 16.3. The van der Waals surface area contributed by atoms with Crippen molar-refractivity contribution in [2.75, 3.05) is 75.3 Å². The molecule has 0 spiro atoms. The summed E-state index contributed by atoms with van der Waals surface area (Å²) in [4.78, 5) is 21.6. The van der Waals surface area contributed by atoms with Crippen molar-refractivity contribution < 1.29 is 9.90 Å². The highest BCUT2D eigenvalue weighted by Crippen LogP contribution is 2.20. The summed E-state index contributed by atoms with van der Waals surface area (Å²) in [5, 5.41) is 22.4. The maximum atomic E-state index is 13.0. The third-order valence-electron chi connectivity index (χ3n) is 6.36. The summed E-state index contributed by atoms with van der Waals surface area (Å²) in [7, 11) is 1.87. The lowest BCUT2D eigenvalue weighted by molar-refractivity contribution is 0.0745. The Morgan fingerprint density at radius 3 is 1.94 bits per heavy atom. The Bertz CT molecular complexity index is 897. The van der Waals surface area contributed by atoms with Gasteiger partial charge in [-0.05, 0) is 26.0 Å². The smallest absolute Gasteiger partial charge is 0.257 e. The molecule has 0 aliphatic carbocycles. The molecule has 2 aliphatic heterocycles. The molecule has 0 radical (unpaired) electrons. The maximum Gasteiger partial charge on any atom is 0.257 e. The van der Waals surface area contributed by atoms with Gasteiger partial charge in [0.05, 0.1) is 17.9 Å². The van der Waals surface area contributed by atoms with Crippen LogP contribution in [0, 0.1) is 13.8 Å². The van der Waals surface area contributed by atoms with Gasteiger partial charge < -0.3 is 19.8 Å². The van der Waals surface area contributed by atoms with E-state index in [0.29, 0.717) is 13.1 Å². The number of aliphatic hydroxyl groups excluding tert-OH is 1. The summed E-state index contributed by atoms with van der Waals surface area (Å²) < 4.78 is 1.77. The minimum atomic E-state index is 0.0597. The standard InChI is InChI=1S/C21H32N8O2/c1-16-20(17(2)25(3)24-16)21(31)29-12-10-28(11-13-29)19-5-4-18(22-23-19)27-8-6-26(7-9-27)14-15-30/h4-5,30H,6-15H2,1-3H3. The van der Waals surface area contributed by atoms with E-state index in [1.54, 1.807) is 4.68 Å². The Kier molecular flexibility index (Phi) is 6.38. The Balaban J connectivity index is 1.32. The topological polar surface area (TPSA) is 93.9 Å². The van der Waals surface area contributed by atoms with E-state index in [1.807, 2.05) is 37.9 Å². The largest absolute Gasteiger partial charge is 0.395 e. The number of rotatable bonds is 5. The zero-order valence-electron chi connectivity index (χ0n) is 18.7. The van der Waals surface area contributed by atoms with Gasteiger partial charge in [-0.2, -0.15) is 5.10 Å². The molecule has 0 saturated carbocycles. The molecule has 2 saturated heterocycles. The van der Waals surface area contributed by atoms with Crippen LogP contribution in [0.25, 0.3) is 0 Å². The van der Waals surface area contributed by atoms with Crippen molar-refractivity contribution in [3.63, 3.8) is 0 Å². The molecular formula is C21H32N8O2. The van der Waals surface area contributed by atoms with Crippen molar-refractivity contribution in [2.24, 2.45) is 7.05 Å². The molecule has 31 heavy (non-hydrogen) atoms. The fourth-order valence-electron chi connectivity index (χ4n) is 4.38. The lowest BCUT2D eigenvalue weighted by Gasteiger charge is -2.36. The Morgan fingerprint density at radius 1 is 0.935 bits per heavy atom. The molecule has 2 aliphatic rings. The van der Waals surface area contributed by atoms with Gasteiger partial charge in [0.15, 0.2) is 11.6 Å². The van der Waals surface area contributed by atoms with Gasteiger partial charge >= 0.3 is 0 Å². The van der Waals surface area contributed by atoms with Gasteiger partial charge in [-0.15, -0.1) is 10.2 Å². The quantitative estimate of drug-likeness (QED) is 0.706. The number of nitrogens with zero attached hydrogens (tertiary/aromatic N) is 8. The van der Waals surface area contributed by atoms with E-state index in [2.05, 4.69) is 30.0 Å². The van der Waals surface area contributed by atoms with Crippen LogP contribution < -0.4 is 9.80 Å². The third-order valence-corrected chi connectivity index (χ3v) is 6.36. The van der Waals surface area contributed by atoms with Crippen LogP contribution in [-0.2, 0) is 7.05 Å². The maximum absolute atomic E-state index is 13.0. The highest BCUT2D eigenvalue weighted by molar-refractivity contribution is 5.96. The lowest BCUT2D eigenvalue weighted by Crippen LogP contribution is -2.49. The highest BCUT2D eigenvalue weighted by Gasteiger charge is 2.27. The summed E-state index contributed by atoms with van der Waals surface area (Å²) in [6, 6.07) is 4.05. The number of carbonyl (C=O) groups excluding carboxylic acids is 1. The summed E-state index contributed by atoms with van der Waals surface area (Å²) in [6.45, 7) is 11.2. The van der Waals surface area contributed by atoms with Gasteiger partial charge in [-0.1, -0.05) is 0 Å². The SMILES string of the molecule is Cc1nn(C)c(C)c1C(=O)N1CCN(c2ccc(N3CCN(CCO)CC3)nn2)CC1. The van der Waals surface area contributed by atoms with Crippen LogP contribution in [0.15, 0.2) is 12.1 Å². The average Bonchev–Trinajstić information content (AvgIpc) is 3.05. The molecule has 0 unspecified atom stereocenters. The second kappa shape index (κ2) is 9.19. The molecule has 0 aromatic carbocycles. The van der Waals surface area contributed by atoms with Crippen LogP contribution in [0.4, 0.5) is 11.6 Å². The summed E-state index contributed by atoms with van der Waals surface area (Å²) in [5.41, 5.74) is 2.41.